The van der Waals surface area contributed by atoms with E-state index in [0.29, 0.717) is 5.95 Å². The molecule has 0 radical (unpaired) electrons. The van der Waals surface area contributed by atoms with Crippen molar-refractivity contribution in [1.29, 1.82) is 0 Å². The van der Waals surface area contributed by atoms with Crippen LogP contribution in [0.15, 0.2) is 27.0 Å². The fourth-order valence-corrected chi connectivity index (χ4v) is 2.81. The van der Waals surface area contributed by atoms with Gasteiger partial charge in [-0.15, -0.1) is 11.3 Å². The number of aryl methyl sites for hydroxylation is 1. The maximum atomic E-state index is 4.41. The average molecular weight is 252 g/mol. The van der Waals surface area contributed by atoms with E-state index in [4.69, 9.17) is 0 Å². The zero-order chi connectivity index (χ0) is 11.4. The number of hydrogen-bond donors (Lipinski definition) is 1. The van der Waals surface area contributed by atoms with E-state index in [2.05, 4.69) is 20.3 Å². The second-order valence-corrected chi connectivity index (χ2v) is 5.26. The van der Waals surface area contributed by atoms with Gasteiger partial charge in [-0.3, -0.25) is 0 Å². The third kappa shape index (κ3) is 2.93. The number of hydrogen-bond acceptors (Lipinski definition) is 6. The van der Waals surface area contributed by atoms with Gasteiger partial charge >= 0.3 is 0 Å². The Morgan fingerprint density at radius 3 is 3.00 bits per heavy atom. The van der Waals surface area contributed by atoms with Crippen LogP contribution in [0.3, 0.4) is 0 Å². The van der Waals surface area contributed by atoms with Crippen molar-refractivity contribution in [3.8, 4) is 0 Å². The van der Waals surface area contributed by atoms with Crippen LogP contribution in [0.25, 0.3) is 0 Å². The lowest BCUT2D eigenvalue weighted by Gasteiger charge is -2.04. The van der Waals surface area contributed by atoms with Crippen LogP contribution in [0.2, 0.25) is 0 Å². The number of nitrogens with zero attached hydrogens (tertiary/aromatic N) is 3. The summed E-state index contributed by atoms with van der Waals surface area (Å²) < 4.78 is 1.00. The Balaban J connectivity index is 2.20. The SMILES string of the molecule is CCNc1nc(C)cc(Sc2nccs2)n1. The Labute approximate surface area is 103 Å². The van der Waals surface area contributed by atoms with Gasteiger partial charge in [0.25, 0.3) is 0 Å². The molecule has 2 aromatic heterocycles. The summed E-state index contributed by atoms with van der Waals surface area (Å²) in [5.74, 6) is 0.682. The van der Waals surface area contributed by atoms with Gasteiger partial charge in [0.2, 0.25) is 5.95 Å². The quantitative estimate of drug-likeness (QED) is 0.848. The van der Waals surface area contributed by atoms with E-state index >= 15 is 0 Å². The van der Waals surface area contributed by atoms with Gasteiger partial charge < -0.3 is 5.32 Å². The molecule has 84 valence electrons. The third-order valence-corrected chi connectivity index (χ3v) is 3.57. The van der Waals surface area contributed by atoms with Gasteiger partial charge in [-0.2, -0.15) is 0 Å². The van der Waals surface area contributed by atoms with Crippen LogP contribution in [0, 0.1) is 6.92 Å². The summed E-state index contributed by atoms with van der Waals surface area (Å²) in [6, 6.07) is 1.97. The molecular weight excluding hydrogens is 240 g/mol. The minimum Gasteiger partial charge on any atom is -0.354 e. The minimum atomic E-state index is 0.682. The highest BCUT2D eigenvalue weighted by Gasteiger charge is 2.04. The van der Waals surface area contributed by atoms with E-state index in [0.717, 1.165) is 21.6 Å². The molecule has 2 heterocycles. The lowest BCUT2D eigenvalue weighted by molar-refractivity contribution is 0.984. The van der Waals surface area contributed by atoms with Gasteiger partial charge in [-0.05, 0) is 31.7 Å². The van der Waals surface area contributed by atoms with Crippen LogP contribution in [0.4, 0.5) is 5.95 Å². The molecule has 16 heavy (non-hydrogen) atoms. The van der Waals surface area contributed by atoms with Gasteiger partial charge in [0.05, 0.1) is 0 Å². The van der Waals surface area contributed by atoms with E-state index in [1.165, 1.54) is 0 Å². The van der Waals surface area contributed by atoms with Crippen LogP contribution in [0.5, 0.6) is 0 Å². The average Bonchev–Trinajstić information content (AvgIpc) is 2.70. The van der Waals surface area contributed by atoms with Crippen molar-refractivity contribution in [1.82, 2.24) is 15.0 Å². The summed E-state index contributed by atoms with van der Waals surface area (Å²) in [6.45, 7) is 4.82. The normalized spacial score (nSPS) is 10.4. The molecule has 0 aliphatic heterocycles. The van der Waals surface area contributed by atoms with E-state index < -0.39 is 0 Å². The summed E-state index contributed by atoms with van der Waals surface area (Å²) in [5.41, 5.74) is 0.963. The number of nitrogens with one attached hydrogen (secondary N) is 1. The first-order valence-electron chi connectivity index (χ1n) is 4.95. The zero-order valence-corrected chi connectivity index (χ0v) is 10.7. The van der Waals surface area contributed by atoms with Gasteiger partial charge in [-0.25, -0.2) is 15.0 Å². The van der Waals surface area contributed by atoms with Crippen molar-refractivity contribution in [2.75, 3.05) is 11.9 Å². The minimum absolute atomic E-state index is 0.682. The van der Waals surface area contributed by atoms with Crippen molar-refractivity contribution >= 4 is 29.0 Å². The first kappa shape index (κ1) is 11.3. The van der Waals surface area contributed by atoms with E-state index in [1.807, 2.05) is 25.3 Å². The van der Waals surface area contributed by atoms with Crippen molar-refractivity contribution in [3.05, 3.63) is 23.3 Å². The molecule has 2 aromatic rings. The van der Waals surface area contributed by atoms with Gasteiger partial charge in [0, 0.05) is 23.8 Å². The summed E-state index contributed by atoms with van der Waals surface area (Å²) in [5, 5.41) is 6.00. The number of thiazole rings is 1. The summed E-state index contributed by atoms with van der Waals surface area (Å²) in [6.07, 6.45) is 1.80. The molecule has 2 rings (SSSR count). The maximum Gasteiger partial charge on any atom is 0.223 e. The zero-order valence-electron chi connectivity index (χ0n) is 9.10. The first-order valence-corrected chi connectivity index (χ1v) is 6.64. The van der Waals surface area contributed by atoms with Crippen LogP contribution < -0.4 is 5.32 Å². The smallest absolute Gasteiger partial charge is 0.223 e. The van der Waals surface area contributed by atoms with Crippen molar-refractivity contribution in [3.63, 3.8) is 0 Å². The predicted molar refractivity (Wildman–Crippen MR) is 67.2 cm³/mol. The molecule has 0 aromatic carbocycles. The largest absolute Gasteiger partial charge is 0.354 e. The first-order chi connectivity index (χ1) is 7.78. The van der Waals surface area contributed by atoms with E-state index in [1.54, 1.807) is 29.3 Å². The highest BCUT2D eigenvalue weighted by Crippen LogP contribution is 2.28. The van der Waals surface area contributed by atoms with Gasteiger partial charge in [-0.1, -0.05) is 0 Å². The second kappa shape index (κ2) is 5.27. The Morgan fingerprint density at radius 1 is 1.44 bits per heavy atom. The Kier molecular flexibility index (Phi) is 3.74. The number of rotatable bonds is 4. The Hall–Kier alpha value is -1.14. The topological polar surface area (TPSA) is 50.7 Å². The molecule has 0 bridgehead atoms. The van der Waals surface area contributed by atoms with Crippen molar-refractivity contribution in [2.45, 2.75) is 23.2 Å². The van der Waals surface area contributed by atoms with Crippen LogP contribution in [-0.2, 0) is 0 Å². The van der Waals surface area contributed by atoms with Gasteiger partial charge in [0.15, 0.2) is 4.34 Å². The third-order valence-electron chi connectivity index (χ3n) is 1.77. The molecule has 0 aliphatic rings. The molecule has 0 saturated heterocycles. The maximum absolute atomic E-state index is 4.41. The molecule has 4 nitrogen and oxygen atoms in total. The summed E-state index contributed by atoms with van der Waals surface area (Å²) >= 11 is 3.18. The monoisotopic (exact) mass is 252 g/mol. The molecule has 6 heteroatoms. The Morgan fingerprint density at radius 2 is 2.31 bits per heavy atom. The van der Waals surface area contributed by atoms with Crippen molar-refractivity contribution < 1.29 is 0 Å². The molecular formula is C10H12N4S2. The van der Waals surface area contributed by atoms with E-state index in [-0.39, 0.29) is 0 Å². The highest BCUT2D eigenvalue weighted by atomic mass is 32.2. The number of anilines is 1. The second-order valence-electron chi connectivity index (χ2n) is 3.10. The lowest BCUT2D eigenvalue weighted by atomic mass is 10.5. The van der Waals surface area contributed by atoms with E-state index in [9.17, 15) is 0 Å². The van der Waals surface area contributed by atoms with Crippen molar-refractivity contribution in [2.24, 2.45) is 0 Å². The number of aromatic nitrogens is 3. The molecule has 0 spiro atoms. The van der Waals surface area contributed by atoms with Crippen LogP contribution in [-0.4, -0.2) is 21.5 Å². The highest BCUT2D eigenvalue weighted by molar-refractivity contribution is 8.01. The van der Waals surface area contributed by atoms with Crippen LogP contribution in [0.1, 0.15) is 12.6 Å². The molecule has 0 fully saturated rings. The Bertz CT molecular complexity index is 456. The molecule has 1 N–H and O–H groups in total. The molecule has 0 aliphatic carbocycles. The summed E-state index contributed by atoms with van der Waals surface area (Å²) in [7, 11) is 0. The molecule has 0 unspecified atom stereocenters. The molecule has 0 amide bonds. The molecule has 0 saturated carbocycles. The standard InChI is InChI=1S/C10H12N4S2/c1-3-11-9-13-7(2)6-8(14-9)16-10-12-4-5-15-10/h4-6H,3H2,1-2H3,(H,11,13,14). The molecule has 0 atom stereocenters. The summed E-state index contributed by atoms with van der Waals surface area (Å²) in [4.78, 5) is 12.9. The predicted octanol–water partition coefficient (Wildman–Crippen LogP) is 2.82. The fraction of sp³-hybridized carbons (Fsp3) is 0.300. The lowest BCUT2D eigenvalue weighted by Crippen LogP contribution is -2.03. The fourth-order valence-electron chi connectivity index (χ4n) is 1.18. The van der Waals surface area contributed by atoms with Crippen LogP contribution >= 0.6 is 23.1 Å². The van der Waals surface area contributed by atoms with Gasteiger partial charge in [0.1, 0.15) is 5.03 Å².